The number of ether oxygens (including phenoxy) is 3. The molecule has 0 aliphatic heterocycles. The largest absolute Gasteiger partial charge is 0.494 e. The molecule has 2 aromatic rings. The van der Waals surface area contributed by atoms with E-state index in [1.165, 1.54) is 25.3 Å². The first-order chi connectivity index (χ1) is 13.8. The van der Waals surface area contributed by atoms with Crippen molar-refractivity contribution in [3.05, 3.63) is 52.1 Å². The monoisotopic (exact) mass is 403 g/mol. The Morgan fingerprint density at radius 3 is 2.31 bits per heavy atom. The van der Waals surface area contributed by atoms with E-state index in [9.17, 15) is 14.9 Å². The molecule has 29 heavy (non-hydrogen) atoms. The smallest absolute Gasteiger partial charge is 0.273 e. The van der Waals surface area contributed by atoms with Gasteiger partial charge in [-0.2, -0.15) is 0 Å². The van der Waals surface area contributed by atoms with Gasteiger partial charge in [-0.15, -0.1) is 0 Å². The molecule has 0 aliphatic carbocycles. The van der Waals surface area contributed by atoms with Crippen LogP contribution in [0.4, 0.5) is 11.4 Å². The second kappa shape index (κ2) is 9.74. The number of benzene rings is 2. The van der Waals surface area contributed by atoms with Crippen LogP contribution in [-0.4, -0.2) is 50.1 Å². The molecule has 0 unspecified atom stereocenters. The molecule has 0 aliphatic rings. The van der Waals surface area contributed by atoms with Crippen LogP contribution in [0.5, 0.6) is 17.2 Å². The Bertz CT molecular complexity index is 887. The number of hydrogen-bond donors (Lipinski definition) is 1. The minimum Gasteiger partial charge on any atom is -0.494 e. The van der Waals surface area contributed by atoms with Gasteiger partial charge < -0.3 is 19.5 Å². The van der Waals surface area contributed by atoms with Gasteiger partial charge in [-0.25, -0.2) is 0 Å². The summed E-state index contributed by atoms with van der Waals surface area (Å²) in [6.07, 6.45) is 0. The highest BCUT2D eigenvalue weighted by atomic mass is 16.6. The number of nitro groups is 1. The number of non-ortho nitro benzene ring substituents is 1. The van der Waals surface area contributed by atoms with E-state index in [0.29, 0.717) is 23.7 Å². The van der Waals surface area contributed by atoms with Crippen LogP contribution in [-0.2, 0) is 11.3 Å². The number of rotatable bonds is 9. The van der Waals surface area contributed by atoms with Gasteiger partial charge in [0.25, 0.3) is 5.69 Å². The van der Waals surface area contributed by atoms with E-state index in [1.807, 2.05) is 30.1 Å². The fourth-order valence-electron chi connectivity index (χ4n) is 2.74. The second-order valence-electron chi connectivity index (χ2n) is 6.41. The molecule has 2 aromatic carbocycles. The summed E-state index contributed by atoms with van der Waals surface area (Å²) in [4.78, 5) is 24.9. The number of anilines is 1. The number of amides is 1. The fraction of sp³-hybridized carbons (Fsp3) is 0.350. The lowest BCUT2D eigenvalue weighted by atomic mass is 10.1. The van der Waals surface area contributed by atoms with Crippen LogP contribution in [0.1, 0.15) is 12.5 Å². The number of methoxy groups -OCH3 is 3. The molecule has 156 valence electrons. The average Bonchev–Trinajstić information content (AvgIpc) is 2.72. The molecule has 1 amide bonds. The molecule has 0 spiro atoms. The average molecular weight is 403 g/mol. The van der Waals surface area contributed by atoms with Crippen molar-refractivity contribution in [2.24, 2.45) is 0 Å². The quantitative estimate of drug-likeness (QED) is 0.507. The summed E-state index contributed by atoms with van der Waals surface area (Å²) < 4.78 is 15.7. The molecule has 9 nitrogen and oxygen atoms in total. The number of hydrogen-bond acceptors (Lipinski definition) is 7. The highest BCUT2D eigenvalue weighted by Gasteiger charge is 2.21. The molecule has 1 atom stereocenters. The number of carbonyl (C=O) groups is 1. The van der Waals surface area contributed by atoms with Crippen molar-refractivity contribution < 1.29 is 23.9 Å². The number of nitrogens with zero attached hydrogens (tertiary/aromatic N) is 2. The van der Waals surface area contributed by atoms with Crippen molar-refractivity contribution in [1.29, 1.82) is 0 Å². The Morgan fingerprint density at radius 1 is 1.07 bits per heavy atom. The summed E-state index contributed by atoms with van der Waals surface area (Å²) in [5.41, 5.74) is 1.21. The Hall–Kier alpha value is -3.33. The Morgan fingerprint density at radius 2 is 1.72 bits per heavy atom. The molecular formula is C20H25N3O6. The van der Waals surface area contributed by atoms with Crippen LogP contribution < -0.4 is 19.5 Å². The van der Waals surface area contributed by atoms with Gasteiger partial charge in [0.2, 0.25) is 5.91 Å². The van der Waals surface area contributed by atoms with Crippen molar-refractivity contribution in [3.8, 4) is 17.2 Å². The van der Waals surface area contributed by atoms with Crippen molar-refractivity contribution >= 4 is 17.3 Å². The SMILES string of the molecule is COc1cc([N+](=O)[O-])ccc1NC(=O)[C@@H](C)N(C)Cc1ccc(OC)c(OC)c1. The summed E-state index contributed by atoms with van der Waals surface area (Å²) in [7, 11) is 6.36. The lowest BCUT2D eigenvalue weighted by Crippen LogP contribution is -2.39. The molecule has 0 saturated carbocycles. The third-order valence-electron chi connectivity index (χ3n) is 4.57. The first-order valence-corrected chi connectivity index (χ1v) is 8.85. The van der Waals surface area contributed by atoms with E-state index in [4.69, 9.17) is 14.2 Å². The van der Waals surface area contributed by atoms with Gasteiger partial charge in [0, 0.05) is 12.6 Å². The van der Waals surface area contributed by atoms with E-state index in [-0.39, 0.29) is 17.3 Å². The highest BCUT2D eigenvalue weighted by molar-refractivity contribution is 5.96. The van der Waals surface area contributed by atoms with Crippen LogP contribution in [0.25, 0.3) is 0 Å². The molecule has 0 aromatic heterocycles. The van der Waals surface area contributed by atoms with Crippen LogP contribution in [0.3, 0.4) is 0 Å². The molecule has 0 radical (unpaired) electrons. The third-order valence-corrected chi connectivity index (χ3v) is 4.57. The zero-order valence-corrected chi connectivity index (χ0v) is 17.1. The third kappa shape index (κ3) is 5.35. The lowest BCUT2D eigenvalue weighted by Gasteiger charge is -2.24. The first-order valence-electron chi connectivity index (χ1n) is 8.85. The van der Waals surface area contributed by atoms with Crippen LogP contribution in [0.15, 0.2) is 36.4 Å². The van der Waals surface area contributed by atoms with Gasteiger partial charge in [-0.3, -0.25) is 19.8 Å². The Balaban J connectivity index is 2.09. The van der Waals surface area contributed by atoms with Crippen LogP contribution in [0.2, 0.25) is 0 Å². The number of likely N-dealkylation sites (N-methyl/N-ethyl adjacent to an activating group) is 1. The zero-order valence-electron chi connectivity index (χ0n) is 17.1. The van der Waals surface area contributed by atoms with Crippen molar-refractivity contribution in [2.45, 2.75) is 19.5 Å². The van der Waals surface area contributed by atoms with Crippen LogP contribution in [0, 0.1) is 10.1 Å². The van der Waals surface area contributed by atoms with Gasteiger partial charge in [0.1, 0.15) is 5.75 Å². The summed E-state index contributed by atoms with van der Waals surface area (Å²) >= 11 is 0. The molecule has 0 fully saturated rings. The minimum absolute atomic E-state index is 0.113. The normalized spacial score (nSPS) is 11.7. The number of carbonyl (C=O) groups excluding carboxylic acids is 1. The summed E-state index contributed by atoms with van der Waals surface area (Å²) in [6.45, 7) is 2.28. The summed E-state index contributed by atoms with van der Waals surface area (Å²) in [5, 5.41) is 13.7. The molecule has 0 heterocycles. The highest BCUT2D eigenvalue weighted by Crippen LogP contribution is 2.30. The van der Waals surface area contributed by atoms with Gasteiger partial charge in [-0.05, 0) is 37.7 Å². The molecule has 9 heteroatoms. The van der Waals surface area contributed by atoms with E-state index in [2.05, 4.69) is 5.32 Å². The standard InChI is InChI=1S/C20H25N3O6/c1-13(22(2)12-14-6-9-17(27-3)19(10-14)29-5)20(24)21-16-8-7-15(23(25)26)11-18(16)28-4/h6-11,13H,12H2,1-5H3,(H,21,24)/t13-/m1/s1. The van der Waals surface area contributed by atoms with Crippen molar-refractivity contribution in [1.82, 2.24) is 4.90 Å². The van der Waals surface area contributed by atoms with Crippen molar-refractivity contribution in [3.63, 3.8) is 0 Å². The number of nitrogens with one attached hydrogen (secondary N) is 1. The zero-order chi connectivity index (χ0) is 21.6. The Labute approximate surface area is 169 Å². The summed E-state index contributed by atoms with van der Waals surface area (Å²) in [5.74, 6) is 1.21. The molecule has 2 rings (SSSR count). The Kier molecular flexibility index (Phi) is 7.38. The van der Waals surface area contributed by atoms with Gasteiger partial charge in [0.05, 0.1) is 44.0 Å². The lowest BCUT2D eigenvalue weighted by molar-refractivity contribution is -0.384. The molecular weight excluding hydrogens is 378 g/mol. The predicted octanol–water partition coefficient (Wildman–Crippen LogP) is 3.08. The number of nitro benzene ring substituents is 1. The van der Waals surface area contributed by atoms with E-state index < -0.39 is 11.0 Å². The topological polar surface area (TPSA) is 103 Å². The van der Waals surface area contributed by atoms with E-state index in [1.54, 1.807) is 21.1 Å². The van der Waals surface area contributed by atoms with E-state index >= 15 is 0 Å². The maximum Gasteiger partial charge on any atom is 0.273 e. The van der Waals surface area contributed by atoms with Crippen molar-refractivity contribution in [2.75, 3.05) is 33.7 Å². The molecule has 1 N–H and O–H groups in total. The van der Waals surface area contributed by atoms with E-state index in [0.717, 1.165) is 5.56 Å². The maximum atomic E-state index is 12.7. The van der Waals surface area contributed by atoms with Crippen LogP contribution >= 0.6 is 0 Å². The predicted molar refractivity (Wildman–Crippen MR) is 109 cm³/mol. The minimum atomic E-state index is -0.520. The van der Waals surface area contributed by atoms with Gasteiger partial charge in [-0.1, -0.05) is 6.07 Å². The first kappa shape index (κ1) is 22.0. The van der Waals surface area contributed by atoms with Gasteiger partial charge >= 0.3 is 0 Å². The summed E-state index contributed by atoms with van der Waals surface area (Å²) in [6, 6.07) is 9.15. The maximum absolute atomic E-state index is 12.7. The molecule has 0 bridgehead atoms. The molecule has 0 saturated heterocycles. The second-order valence-corrected chi connectivity index (χ2v) is 6.41. The fourth-order valence-corrected chi connectivity index (χ4v) is 2.74. The van der Waals surface area contributed by atoms with Gasteiger partial charge in [0.15, 0.2) is 11.5 Å².